The zero-order valence-corrected chi connectivity index (χ0v) is 16.9. The number of ketones is 1. The number of aromatic hydroxyl groups is 1. The number of likely N-dealkylation sites (N-methyl/N-ethyl adjacent to an activating group) is 1. The van der Waals surface area contributed by atoms with E-state index < -0.39 is 5.72 Å². The molecule has 134 valence electrons. The number of phenols is 1. The largest absolute Gasteiger partial charge is 0.508 e. The van der Waals surface area contributed by atoms with Gasteiger partial charge in [-0.15, -0.1) is 0 Å². The zero-order chi connectivity index (χ0) is 18.5. The molecular weight excluding hydrogens is 406 g/mol. The Morgan fingerprint density at radius 1 is 1.44 bits per heavy atom. The lowest BCUT2D eigenvalue weighted by Crippen LogP contribution is -2.51. The van der Waals surface area contributed by atoms with Crippen molar-refractivity contribution in [2.75, 3.05) is 7.05 Å². The number of fused-ring (bicyclic) bond motifs is 1. The van der Waals surface area contributed by atoms with Gasteiger partial charge in [0.1, 0.15) is 16.5 Å². The molecule has 1 unspecified atom stereocenters. The first-order valence-corrected chi connectivity index (χ1v) is 9.46. The number of allylic oxidation sites excluding steroid dienone is 1. The Morgan fingerprint density at radius 2 is 2.12 bits per heavy atom. The lowest BCUT2D eigenvalue weighted by molar-refractivity contribution is 0.0213. The fourth-order valence-electron chi connectivity index (χ4n) is 3.34. The Hall–Kier alpha value is -1.46. The molecule has 0 amide bonds. The monoisotopic (exact) mass is 425 g/mol. The maximum atomic E-state index is 13.1. The second kappa shape index (κ2) is 6.36. The first-order chi connectivity index (χ1) is 11.7. The predicted molar refractivity (Wildman–Crippen MR) is 102 cm³/mol. The summed E-state index contributed by atoms with van der Waals surface area (Å²) in [5.74, 6) is 0.904. The van der Waals surface area contributed by atoms with E-state index in [0.29, 0.717) is 39.4 Å². The summed E-state index contributed by atoms with van der Waals surface area (Å²) in [6.07, 6.45) is 2.58. The van der Waals surface area contributed by atoms with Gasteiger partial charge in [0.25, 0.3) is 5.72 Å². The second-order valence-corrected chi connectivity index (χ2v) is 8.11. The van der Waals surface area contributed by atoms with Gasteiger partial charge in [-0.3, -0.25) is 4.79 Å². The highest BCUT2D eigenvalue weighted by molar-refractivity contribution is 9.12. The maximum absolute atomic E-state index is 13.1. The van der Waals surface area contributed by atoms with Crippen LogP contribution in [0, 0.1) is 5.92 Å². The summed E-state index contributed by atoms with van der Waals surface area (Å²) in [7, 11) is 1.72. The number of ether oxygens (including phenoxy) is 1. The molecule has 0 aromatic heterocycles. The number of benzene rings is 1. The maximum Gasteiger partial charge on any atom is 0.285 e. The fraction of sp³-hybridized carbons (Fsp3) is 0.421. The minimum Gasteiger partial charge on any atom is -0.508 e. The summed E-state index contributed by atoms with van der Waals surface area (Å²) < 4.78 is 6.70. The van der Waals surface area contributed by atoms with Crippen LogP contribution in [0.3, 0.4) is 0 Å². The molecule has 1 N–H and O–H groups in total. The van der Waals surface area contributed by atoms with Gasteiger partial charge in [-0.2, -0.15) is 0 Å². The number of carbonyl (C=O) groups excluding carboxylic acids is 1. The van der Waals surface area contributed by atoms with Crippen LogP contribution in [0.4, 0.5) is 0 Å². The number of phenolic OH excluding ortho intramolecular Hbond substituents is 1. The molecule has 1 aromatic carbocycles. The average Bonchev–Trinajstić information content (AvgIpc) is 2.94. The topological polar surface area (TPSA) is 49.8 Å². The summed E-state index contributed by atoms with van der Waals surface area (Å²) in [4.78, 5) is 14.8. The van der Waals surface area contributed by atoms with E-state index in [0.717, 1.165) is 12.8 Å². The molecule has 2 heterocycles. The molecule has 1 atom stereocenters. The van der Waals surface area contributed by atoms with Gasteiger partial charge in [-0.1, -0.05) is 38.4 Å². The van der Waals surface area contributed by atoms with E-state index in [4.69, 9.17) is 16.3 Å². The van der Waals surface area contributed by atoms with Crippen LogP contribution in [0.5, 0.6) is 11.5 Å². The van der Waals surface area contributed by atoms with Crippen molar-refractivity contribution >= 4 is 33.3 Å². The van der Waals surface area contributed by atoms with Gasteiger partial charge in [0.15, 0.2) is 0 Å². The van der Waals surface area contributed by atoms with Crippen LogP contribution in [0.15, 0.2) is 33.9 Å². The summed E-state index contributed by atoms with van der Waals surface area (Å²) in [5.41, 5.74) is 0.254. The molecule has 3 rings (SSSR count). The third-order valence-corrected chi connectivity index (χ3v) is 6.39. The molecule has 0 aliphatic carbocycles. The number of carbonyl (C=O) groups is 1. The van der Waals surface area contributed by atoms with Crippen molar-refractivity contribution in [3.05, 3.63) is 45.1 Å². The summed E-state index contributed by atoms with van der Waals surface area (Å²) >= 11 is 9.84. The Labute approximate surface area is 161 Å². The molecule has 25 heavy (non-hydrogen) atoms. The Balaban J connectivity index is 2.04. The normalized spacial score (nSPS) is 22.4. The van der Waals surface area contributed by atoms with E-state index >= 15 is 0 Å². The molecule has 0 saturated carbocycles. The fourth-order valence-corrected chi connectivity index (χ4v) is 4.24. The molecule has 0 saturated heterocycles. The zero-order valence-electron chi connectivity index (χ0n) is 14.5. The quantitative estimate of drug-likeness (QED) is 0.740. The van der Waals surface area contributed by atoms with Gasteiger partial charge in [0.05, 0.1) is 10.0 Å². The first kappa shape index (κ1) is 18.3. The van der Waals surface area contributed by atoms with E-state index in [9.17, 15) is 9.90 Å². The van der Waals surface area contributed by atoms with Crippen LogP contribution in [-0.2, 0) is 6.42 Å². The third-order valence-electron chi connectivity index (χ3n) is 4.87. The number of rotatable bonds is 4. The molecule has 2 aliphatic rings. The first-order valence-electron chi connectivity index (χ1n) is 8.29. The Kier molecular flexibility index (Phi) is 4.67. The Morgan fingerprint density at radius 3 is 2.68 bits per heavy atom. The SMILES string of the molecule is C=C1C(Br)=C(Cl)C2(Oc3c(ccc(O)c3CCCC(C)C)C2=O)N1C. The number of hydrogen-bond donors (Lipinski definition) is 1. The van der Waals surface area contributed by atoms with Gasteiger partial charge in [-0.05, 0) is 46.8 Å². The minimum absolute atomic E-state index is 0.144. The van der Waals surface area contributed by atoms with E-state index in [1.807, 2.05) is 0 Å². The van der Waals surface area contributed by atoms with E-state index in [2.05, 4.69) is 36.4 Å². The Bertz CT molecular complexity index is 802. The average molecular weight is 427 g/mol. The van der Waals surface area contributed by atoms with Crippen LogP contribution < -0.4 is 4.74 Å². The number of hydrogen-bond acceptors (Lipinski definition) is 4. The minimum atomic E-state index is -1.43. The lowest BCUT2D eigenvalue weighted by atomic mass is 9.97. The van der Waals surface area contributed by atoms with Gasteiger partial charge < -0.3 is 14.7 Å². The van der Waals surface area contributed by atoms with Crippen molar-refractivity contribution in [3.63, 3.8) is 0 Å². The third kappa shape index (κ3) is 2.59. The molecule has 0 bridgehead atoms. The van der Waals surface area contributed by atoms with Crippen LogP contribution in [-0.4, -0.2) is 28.6 Å². The van der Waals surface area contributed by atoms with Gasteiger partial charge in [0, 0.05) is 18.3 Å². The van der Waals surface area contributed by atoms with Crippen molar-refractivity contribution in [1.82, 2.24) is 4.90 Å². The van der Waals surface area contributed by atoms with E-state index in [1.54, 1.807) is 24.1 Å². The lowest BCUT2D eigenvalue weighted by Gasteiger charge is -2.32. The summed E-state index contributed by atoms with van der Waals surface area (Å²) in [6.45, 7) is 8.26. The van der Waals surface area contributed by atoms with Crippen LogP contribution in [0.2, 0.25) is 0 Å². The van der Waals surface area contributed by atoms with Crippen LogP contribution in [0.25, 0.3) is 0 Å². The molecule has 0 fully saturated rings. The van der Waals surface area contributed by atoms with Gasteiger partial charge in [0.2, 0.25) is 5.78 Å². The van der Waals surface area contributed by atoms with Crippen molar-refractivity contribution in [2.45, 2.75) is 38.8 Å². The summed E-state index contributed by atoms with van der Waals surface area (Å²) in [6, 6.07) is 3.15. The standard InChI is InChI=1S/C19H21BrClNO3/c1-10(2)6-5-7-12-14(23)9-8-13-16(12)25-19(18(13)24)17(21)15(20)11(3)22(19)4/h8-10,23H,3,5-7H2,1-2,4H3. The molecule has 1 spiro atoms. The summed E-state index contributed by atoms with van der Waals surface area (Å²) in [5, 5.41) is 10.6. The molecule has 2 aliphatic heterocycles. The number of nitrogens with zero attached hydrogens (tertiary/aromatic N) is 1. The number of Topliss-reactive ketones (excluding diaryl/α,β-unsaturated/α-hetero) is 1. The second-order valence-electron chi connectivity index (χ2n) is 6.93. The molecule has 4 nitrogen and oxygen atoms in total. The highest BCUT2D eigenvalue weighted by Gasteiger charge is 2.59. The van der Waals surface area contributed by atoms with E-state index in [1.165, 1.54) is 0 Å². The highest BCUT2D eigenvalue weighted by Crippen LogP contribution is 2.53. The van der Waals surface area contributed by atoms with Crippen molar-refractivity contribution < 1.29 is 14.6 Å². The van der Waals surface area contributed by atoms with Crippen molar-refractivity contribution in [3.8, 4) is 11.5 Å². The predicted octanol–water partition coefficient (Wildman–Crippen LogP) is 4.95. The smallest absolute Gasteiger partial charge is 0.285 e. The van der Waals surface area contributed by atoms with Crippen molar-refractivity contribution in [1.29, 1.82) is 0 Å². The molecule has 1 aromatic rings. The number of halogens is 2. The van der Waals surface area contributed by atoms with Crippen LogP contribution >= 0.6 is 27.5 Å². The molecule has 6 heteroatoms. The van der Waals surface area contributed by atoms with E-state index in [-0.39, 0.29) is 16.6 Å². The highest BCUT2D eigenvalue weighted by atomic mass is 79.9. The molecule has 0 radical (unpaired) electrons. The molecular formula is C19H21BrClNO3. The van der Waals surface area contributed by atoms with Crippen LogP contribution in [0.1, 0.15) is 42.6 Å². The van der Waals surface area contributed by atoms with Gasteiger partial charge >= 0.3 is 0 Å². The van der Waals surface area contributed by atoms with Crippen molar-refractivity contribution in [2.24, 2.45) is 5.92 Å². The van der Waals surface area contributed by atoms with Gasteiger partial charge in [-0.25, -0.2) is 0 Å².